The Morgan fingerprint density at radius 2 is 2.36 bits per heavy atom. The highest BCUT2D eigenvalue weighted by Crippen LogP contribution is 2.11. The minimum atomic E-state index is 0.733. The van der Waals surface area contributed by atoms with Crippen LogP contribution in [0, 0.1) is 6.92 Å². The molecule has 2 aromatic rings. The molecule has 0 fully saturated rings. The highest BCUT2D eigenvalue weighted by Gasteiger charge is 2.02. The first-order valence-electron chi connectivity index (χ1n) is 4.36. The van der Waals surface area contributed by atoms with Crippen molar-refractivity contribution in [3.8, 4) is 0 Å². The molecule has 4 nitrogen and oxygen atoms in total. The van der Waals surface area contributed by atoms with Gasteiger partial charge in [-0.15, -0.1) is 0 Å². The van der Waals surface area contributed by atoms with Gasteiger partial charge >= 0.3 is 0 Å². The lowest BCUT2D eigenvalue weighted by Crippen LogP contribution is -1.90. The van der Waals surface area contributed by atoms with Gasteiger partial charge in [0.05, 0.1) is 18.2 Å². The van der Waals surface area contributed by atoms with E-state index in [0.29, 0.717) is 0 Å². The van der Waals surface area contributed by atoms with E-state index in [4.69, 9.17) is 4.42 Å². The molecule has 0 aromatic carbocycles. The van der Waals surface area contributed by atoms with Crippen molar-refractivity contribution < 1.29 is 4.42 Å². The molecule has 4 heteroatoms. The van der Waals surface area contributed by atoms with Gasteiger partial charge in [-0.05, 0) is 26.0 Å². The van der Waals surface area contributed by atoms with Crippen LogP contribution in [-0.4, -0.2) is 15.7 Å². The number of aromatic nitrogens is 2. The van der Waals surface area contributed by atoms with Crippen molar-refractivity contribution >= 4 is 11.5 Å². The van der Waals surface area contributed by atoms with E-state index >= 15 is 0 Å². The topological polar surface area (TPSA) is 54.2 Å². The quantitative estimate of drug-likeness (QED) is 0.738. The van der Waals surface area contributed by atoms with Crippen LogP contribution < -0.4 is 0 Å². The van der Waals surface area contributed by atoms with E-state index in [-0.39, 0.29) is 0 Å². The zero-order valence-corrected chi connectivity index (χ0v) is 8.11. The largest absolute Gasteiger partial charge is 0.460 e. The van der Waals surface area contributed by atoms with E-state index in [2.05, 4.69) is 15.0 Å². The molecule has 14 heavy (non-hydrogen) atoms. The maximum absolute atomic E-state index is 5.43. The summed E-state index contributed by atoms with van der Waals surface area (Å²) < 4.78 is 5.43. The van der Waals surface area contributed by atoms with Gasteiger partial charge in [-0.2, -0.15) is 0 Å². The van der Waals surface area contributed by atoms with Crippen LogP contribution in [0.25, 0.3) is 0 Å². The third-order valence-electron chi connectivity index (χ3n) is 1.87. The molecule has 2 rings (SSSR count). The third kappa shape index (κ3) is 1.74. The number of imidazole rings is 1. The van der Waals surface area contributed by atoms with Gasteiger partial charge in [-0.1, -0.05) is 0 Å². The summed E-state index contributed by atoms with van der Waals surface area (Å²) in [5, 5.41) is 0. The fourth-order valence-electron chi connectivity index (χ4n) is 1.17. The number of hydrogen-bond acceptors (Lipinski definition) is 3. The van der Waals surface area contributed by atoms with E-state index in [1.54, 1.807) is 12.5 Å². The van der Waals surface area contributed by atoms with Gasteiger partial charge in [-0.25, -0.2) is 9.98 Å². The molecule has 0 unspecified atom stereocenters. The normalized spacial score (nSPS) is 12.0. The van der Waals surface area contributed by atoms with E-state index < -0.39 is 0 Å². The molecule has 0 saturated heterocycles. The smallest absolute Gasteiger partial charge is 0.150 e. The number of furan rings is 1. The first kappa shape index (κ1) is 8.74. The third-order valence-corrected chi connectivity index (χ3v) is 1.87. The van der Waals surface area contributed by atoms with Crippen molar-refractivity contribution in [3.63, 3.8) is 0 Å². The van der Waals surface area contributed by atoms with Crippen LogP contribution in [0.3, 0.4) is 0 Å². The molecule has 72 valence electrons. The summed E-state index contributed by atoms with van der Waals surface area (Å²) >= 11 is 0. The molecule has 0 bridgehead atoms. The number of nitrogens with one attached hydrogen (secondary N) is 1. The predicted octanol–water partition coefficient (Wildman–Crippen LogP) is 2.45. The Kier molecular flexibility index (Phi) is 2.18. The van der Waals surface area contributed by atoms with Gasteiger partial charge in [0.1, 0.15) is 17.3 Å². The molecule has 0 aliphatic carbocycles. The van der Waals surface area contributed by atoms with Crippen LogP contribution in [0.1, 0.15) is 18.4 Å². The molecular formula is C10H11N3O. The Morgan fingerprint density at radius 1 is 1.50 bits per heavy atom. The fourth-order valence-corrected chi connectivity index (χ4v) is 1.17. The summed E-state index contributed by atoms with van der Waals surface area (Å²) in [6, 6.07) is 3.83. The van der Waals surface area contributed by atoms with Crippen molar-refractivity contribution in [2.75, 3.05) is 0 Å². The highest BCUT2D eigenvalue weighted by molar-refractivity contribution is 5.97. The maximum Gasteiger partial charge on any atom is 0.150 e. The van der Waals surface area contributed by atoms with Gasteiger partial charge < -0.3 is 9.40 Å². The second-order valence-corrected chi connectivity index (χ2v) is 3.04. The average molecular weight is 189 g/mol. The Bertz CT molecular complexity index is 440. The molecule has 2 aromatic heterocycles. The van der Waals surface area contributed by atoms with Crippen LogP contribution in [0.2, 0.25) is 0 Å². The number of H-pyrrole nitrogens is 1. The van der Waals surface area contributed by atoms with Crippen molar-refractivity contribution in [1.82, 2.24) is 9.97 Å². The first-order valence-corrected chi connectivity index (χ1v) is 4.36. The van der Waals surface area contributed by atoms with Crippen molar-refractivity contribution in [3.05, 3.63) is 36.2 Å². The lowest BCUT2D eigenvalue weighted by atomic mass is 10.3. The zero-order valence-electron chi connectivity index (χ0n) is 8.11. The average Bonchev–Trinajstić information content (AvgIpc) is 2.75. The number of aliphatic imine (C=N–C) groups is 1. The van der Waals surface area contributed by atoms with Crippen LogP contribution in [-0.2, 0) is 0 Å². The zero-order chi connectivity index (χ0) is 9.97. The number of aryl methyl sites for hydroxylation is 1. The number of nitrogens with zero attached hydrogens (tertiary/aromatic N) is 2. The second kappa shape index (κ2) is 3.49. The molecule has 0 atom stereocenters. The van der Waals surface area contributed by atoms with Crippen LogP contribution in [0.5, 0.6) is 0 Å². The first-order chi connectivity index (χ1) is 6.75. The highest BCUT2D eigenvalue weighted by atomic mass is 16.3. The molecule has 2 heterocycles. The predicted molar refractivity (Wildman–Crippen MR) is 53.9 cm³/mol. The van der Waals surface area contributed by atoms with E-state index in [1.165, 1.54) is 0 Å². The van der Waals surface area contributed by atoms with E-state index in [1.807, 2.05) is 26.0 Å². The lowest BCUT2D eigenvalue weighted by molar-refractivity contribution is 0.525. The molecule has 0 radical (unpaired) electrons. The van der Waals surface area contributed by atoms with E-state index in [0.717, 1.165) is 23.1 Å². The number of rotatable bonds is 2. The SMILES string of the molecule is CC(=Nc1cnc[nH]1)c1ccc(C)o1. The molecule has 0 aliphatic heterocycles. The molecule has 0 aliphatic rings. The molecule has 0 amide bonds. The second-order valence-electron chi connectivity index (χ2n) is 3.04. The molecule has 1 N–H and O–H groups in total. The standard InChI is InChI=1S/C10H11N3O/c1-7-3-4-9(14-7)8(2)13-10-5-11-6-12-10/h3-6H,1-2H3,(H,11,12). The monoisotopic (exact) mass is 189 g/mol. The van der Waals surface area contributed by atoms with Crippen LogP contribution in [0.15, 0.2) is 34.1 Å². The van der Waals surface area contributed by atoms with Gasteiger partial charge in [0, 0.05) is 0 Å². The number of hydrogen-bond donors (Lipinski definition) is 1. The van der Waals surface area contributed by atoms with Crippen molar-refractivity contribution in [1.29, 1.82) is 0 Å². The van der Waals surface area contributed by atoms with Crippen LogP contribution in [0.4, 0.5) is 5.82 Å². The minimum Gasteiger partial charge on any atom is -0.460 e. The minimum absolute atomic E-state index is 0.733. The van der Waals surface area contributed by atoms with Crippen molar-refractivity contribution in [2.24, 2.45) is 4.99 Å². The lowest BCUT2D eigenvalue weighted by Gasteiger charge is -1.93. The van der Waals surface area contributed by atoms with Gasteiger partial charge in [0.2, 0.25) is 0 Å². The van der Waals surface area contributed by atoms with Gasteiger partial charge in [-0.3, -0.25) is 0 Å². The Labute approximate surface area is 81.7 Å². The molecule has 0 spiro atoms. The van der Waals surface area contributed by atoms with Gasteiger partial charge in [0.25, 0.3) is 0 Å². The summed E-state index contributed by atoms with van der Waals surface area (Å²) in [4.78, 5) is 11.1. The summed E-state index contributed by atoms with van der Waals surface area (Å²) in [5.74, 6) is 2.41. The summed E-state index contributed by atoms with van der Waals surface area (Å²) in [5.41, 5.74) is 0.836. The maximum atomic E-state index is 5.43. The summed E-state index contributed by atoms with van der Waals surface area (Å²) in [6.07, 6.45) is 3.26. The Hall–Kier alpha value is -1.84. The van der Waals surface area contributed by atoms with E-state index in [9.17, 15) is 0 Å². The Morgan fingerprint density at radius 3 is 2.93 bits per heavy atom. The van der Waals surface area contributed by atoms with Gasteiger partial charge in [0.15, 0.2) is 0 Å². The summed E-state index contributed by atoms with van der Waals surface area (Å²) in [7, 11) is 0. The molecular weight excluding hydrogens is 178 g/mol. The van der Waals surface area contributed by atoms with Crippen LogP contribution >= 0.6 is 0 Å². The Balaban J connectivity index is 2.28. The number of aromatic amines is 1. The fraction of sp³-hybridized carbons (Fsp3) is 0.200. The molecule has 0 saturated carbocycles. The van der Waals surface area contributed by atoms with Crippen molar-refractivity contribution in [2.45, 2.75) is 13.8 Å². The summed E-state index contributed by atoms with van der Waals surface area (Å²) in [6.45, 7) is 3.81.